The predicted octanol–water partition coefficient (Wildman–Crippen LogP) is 1.81. The van der Waals surface area contributed by atoms with Gasteiger partial charge in [-0.05, 0) is 44.4 Å². The Labute approximate surface area is 126 Å². The van der Waals surface area contributed by atoms with Gasteiger partial charge in [-0.2, -0.15) is 10.5 Å². The van der Waals surface area contributed by atoms with Crippen molar-refractivity contribution in [2.24, 2.45) is 11.8 Å². The average Bonchev–Trinajstić information content (AvgIpc) is 2.97. The van der Waals surface area contributed by atoms with E-state index in [2.05, 4.69) is 38.2 Å². The van der Waals surface area contributed by atoms with Gasteiger partial charge in [0, 0.05) is 5.54 Å². The molecule has 1 aliphatic heterocycles. The minimum absolute atomic E-state index is 0.0154. The Morgan fingerprint density at radius 2 is 1.67 bits per heavy atom. The van der Waals surface area contributed by atoms with E-state index in [4.69, 9.17) is 10.5 Å². The highest BCUT2D eigenvalue weighted by atomic mass is 16.2. The quantitative estimate of drug-likeness (QED) is 0.859. The van der Waals surface area contributed by atoms with E-state index in [0.29, 0.717) is 24.7 Å². The van der Waals surface area contributed by atoms with Crippen molar-refractivity contribution in [3.05, 3.63) is 0 Å². The van der Waals surface area contributed by atoms with Gasteiger partial charge in [0.2, 0.25) is 5.91 Å². The Hall–Kier alpha value is -1.59. The molecule has 5 atom stereocenters. The summed E-state index contributed by atoms with van der Waals surface area (Å²) in [6.07, 6.45) is 3.33. The number of likely N-dealkylation sites (tertiary alicyclic amines) is 1. The van der Waals surface area contributed by atoms with E-state index >= 15 is 0 Å². The van der Waals surface area contributed by atoms with Crippen molar-refractivity contribution in [2.45, 2.75) is 64.1 Å². The number of hydrogen-bond acceptors (Lipinski definition) is 4. The van der Waals surface area contributed by atoms with Crippen molar-refractivity contribution >= 4 is 5.91 Å². The Kier molecular flexibility index (Phi) is 4.54. The van der Waals surface area contributed by atoms with E-state index < -0.39 is 12.1 Å². The second-order valence-electron chi connectivity index (χ2n) is 6.95. The standard InChI is InChI=1S/C16H24N4O/c1-11-6-16(3,7-12(11)2)19-10-15(21)20-13(8-17)4-5-14(20)9-18/h11-14,19H,4-7,10H2,1-3H3/t11-,12+,13-,14+,16?. The number of nitrogens with one attached hydrogen (secondary N) is 1. The zero-order valence-electron chi connectivity index (χ0n) is 13.1. The fourth-order valence-corrected chi connectivity index (χ4v) is 3.84. The summed E-state index contributed by atoms with van der Waals surface area (Å²) in [6.45, 7) is 6.87. The van der Waals surface area contributed by atoms with Crippen molar-refractivity contribution < 1.29 is 4.79 Å². The lowest BCUT2D eigenvalue weighted by Gasteiger charge is -2.29. The number of nitriles is 2. The molecule has 1 heterocycles. The molecule has 1 amide bonds. The Balaban J connectivity index is 1.96. The summed E-state index contributed by atoms with van der Waals surface area (Å²) >= 11 is 0. The molecule has 2 rings (SSSR count). The number of rotatable bonds is 3. The molecule has 0 aromatic carbocycles. The van der Waals surface area contributed by atoms with Crippen molar-refractivity contribution in [1.82, 2.24) is 10.2 Å². The molecule has 0 spiro atoms. The third-order valence-corrected chi connectivity index (χ3v) is 5.15. The normalized spacial score (nSPS) is 39.0. The topological polar surface area (TPSA) is 79.9 Å². The Morgan fingerprint density at radius 3 is 2.10 bits per heavy atom. The van der Waals surface area contributed by atoms with Crippen LogP contribution >= 0.6 is 0 Å². The third kappa shape index (κ3) is 3.19. The van der Waals surface area contributed by atoms with Gasteiger partial charge in [-0.25, -0.2) is 0 Å². The minimum Gasteiger partial charge on any atom is -0.310 e. The van der Waals surface area contributed by atoms with Gasteiger partial charge >= 0.3 is 0 Å². The molecule has 0 aromatic heterocycles. The molecule has 0 radical (unpaired) electrons. The highest BCUT2D eigenvalue weighted by Crippen LogP contribution is 2.38. The number of hydrogen-bond donors (Lipinski definition) is 1. The summed E-state index contributed by atoms with van der Waals surface area (Å²) in [5, 5.41) is 21.6. The summed E-state index contributed by atoms with van der Waals surface area (Å²) in [5.41, 5.74) is -0.0154. The third-order valence-electron chi connectivity index (χ3n) is 5.15. The van der Waals surface area contributed by atoms with Crippen molar-refractivity contribution in [1.29, 1.82) is 10.5 Å². The molecular weight excluding hydrogens is 264 g/mol. The summed E-state index contributed by atoms with van der Waals surface area (Å²) in [4.78, 5) is 13.9. The fraction of sp³-hybridized carbons (Fsp3) is 0.812. The maximum Gasteiger partial charge on any atom is 0.238 e. The second kappa shape index (κ2) is 6.03. The van der Waals surface area contributed by atoms with E-state index in [9.17, 15) is 4.79 Å². The van der Waals surface area contributed by atoms with Gasteiger partial charge in [0.05, 0.1) is 18.7 Å². The second-order valence-corrected chi connectivity index (χ2v) is 6.95. The number of carbonyl (C=O) groups excluding carboxylic acids is 1. The lowest BCUT2D eigenvalue weighted by atomic mass is 9.99. The zero-order valence-corrected chi connectivity index (χ0v) is 13.1. The monoisotopic (exact) mass is 288 g/mol. The molecule has 114 valence electrons. The first-order valence-corrected chi connectivity index (χ1v) is 7.75. The molecular formula is C16H24N4O. The van der Waals surface area contributed by atoms with Gasteiger partial charge in [-0.1, -0.05) is 13.8 Å². The van der Waals surface area contributed by atoms with Crippen LogP contribution in [0.15, 0.2) is 0 Å². The van der Waals surface area contributed by atoms with E-state index in [0.717, 1.165) is 12.8 Å². The lowest BCUT2D eigenvalue weighted by Crippen LogP contribution is -2.49. The van der Waals surface area contributed by atoms with Gasteiger partial charge in [0.25, 0.3) is 0 Å². The first-order valence-electron chi connectivity index (χ1n) is 7.75. The van der Waals surface area contributed by atoms with Crippen molar-refractivity contribution in [3.8, 4) is 12.1 Å². The van der Waals surface area contributed by atoms with Crippen molar-refractivity contribution in [3.63, 3.8) is 0 Å². The van der Waals surface area contributed by atoms with Crippen LogP contribution in [0.1, 0.15) is 46.5 Å². The summed E-state index contributed by atoms with van der Waals surface area (Å²) < 4.78 is 0. The maximum absolute atomic E-state index is 12.4. The van der Waals surface area contributed by atoms with Crippen LogP contribution < -0.4 is 5.32 Å². The molecule has 5 heteroatoms. The molecule has 0 aromatic rings. The van der Waals surface area contributed by atoms with Crippen LogP contribution in [-0.2, 0) is 4.79 Å². The number of nitrogens with zero attached hydrogens (tertiary/aromatic N) is 3. The van der Waals surface area contributed by atoms with Crippen LogP contribution in [0.5, 0.6) is 0 Å². The molecule has 1 N–H and O–H groups in total. The number of amides is 1. The minimum atomic E-state index is -0.446. The van der Waals surface area contributed by atoms with Gasteiger partial charge in [-0.15, -0.1) is 0 Å². The van der Waals surface area contributed by atoms with Gasteiger partial charge in [-0.3, -0.25) is 4.79 Å². The van der Waals surface area contributed by atoms with Gasteiger partial charge in [0.15, 0.2) is 0 Å². The molecule has 1 saturated carbocycles. The fourth-order valence-electron chi connectivity index (χ4n) is 3.84. The maximum atomic E-state index is 12.4. The Bertz CT molecular complexity index is 457. The van der Waals surface area contributed by atoms with E-state index in [1.54, 1.807) is 0 Å². The predicted molar refractivity (Wildman–Crippen MR) is 78.9 cm³/mol. The zero-order chi connectivity index (χ0) is 15.6. The molecule has 1 saturated heterocycles. The van der Waals surface area contributed by atoms with Crippen LogP contribution in [0.3, 0.4) is 0 Å². The molecule has 2 fully saturated rings. The van der Waals surface area contributed by atoms with E-state index in [1.165, 1.54) is 4.90 Å². The van der Waals surface area contributed by atoms with Crippen LogP contribution in [0.4, 0.5) is 0 Å². The van der Waals surface area contributed by atoms with Crippen LogP contribution in [0, 0.1) is 34.5 Å². The summed E-state index contributed by atoms with van der Waals surface area (Å²) in [6, 6.07) is 3.38. The van der Waals surface area contributed by atoms with Crippen LogP contribution in [0.25, 0.3) is 0 Å². The van der Waals surface area contributed by atoms with E-state index in [-0.39, 0.29) is 18.0 Å². The van der Waals surface area contributed by atoms with E-state index in [1.807, 2.05) is 0 Å². The highest BCUT2D eigenvalue weighted by Gasteiger charge is 2.40. The van der Waals surface area contributed by atoms with Crippen molar-refractivity contribution in [2.75, 3.05) is 6.54 Å². The smallest absolute Gasteiger partial charge is 0.238 e. The van der Waals surface area contributed by atoms with Crippen LogP contribution in [0.2, 0.25) is 0 Å². The summed E-state index contributed by atoms with van der Waals surface area (Å²) in [7, 11) is 0. The molecule has 1 aliphatic carbocycles. The molecule has 21 heavy (non-hydrogen) atoms. The van der Waals surface area contributed by atoms with Gasteiger partial charge in [0.1, 0.15) is 12.1 Å². The Morgan fingerprint density at radius 1 is 1.19 bits per heavy atom. The molecule has 5 nitrogen and oxygen atoms in total. The van der Waals surface area contributed by atoms with Crippen LogP contribution in [-0.4, -0.2) is 35.0 Å². The first-order chi connectivity index (χ1) is 9.90. The molecule has 1 unspecified atom stereocenters. The summed E-state index contributed by atoms with van der Waals surface area (Å²) in [5.74, 6) is 1.19. The average molecular weight is 288 g/mol. The highest BCUT2D eigenvalue weighted by molar-refractivity contribution is 5.80. The molecule has 0 bridgehead atoms. The molecule has 2 aliphatic rings. The first kappa shape index (κ1) is 15.8. The largest absolute Gasteiger partial charge is 0.310 e. The number of carbonyl (C=O) groups is 1. The lowest BCUT2D eigenvalue weighted by molar-refractivity contribution is -0.131. The SMILES string of the molecule is C[C@@H]1CC(C)(NCC(=O)N2[C@H](C#N)CC[C@@H]2C#N)C[C@@H]1C. The van der Waals surface area contributed by atoms with Gasteiger partial charge < -0.3 is 10.2 Å².